The van der Waals surface area contributed by atoms with Crippen molar-refractivity contribution in [2.45, 2.75) is 31.1 Å². The number of hydrogen-bond donors (Lipinski definition) is 3. The second-order valence-corrected chi connectivity index (χ2v) is 4.87. The van der Waals surface area contributed by atoms with Crippen LogP contribution in [0.25, 0.3) is 0 Å². The summed E-state index contributed by atoms with van der Waals surface area (Å²) in [5, 5.41) is 21.8. The lowest BCUT2D eigenvalue weighted by molar-refractivity contribution is -0.136. The predicted molar refractivity (Wildman–Crippen MR) is 64.5 cm³/mol. The zero-order valence-corrected chi connectivity index (χ0v) is 9.80. The highest BCUT2D eigenvalue weighted by molar-refractivity contribution is 5.71. The summed E-state index contributed by atoms with van der Waals surface area (Å²) in [5.41, 5.74) is 2.71. The SMILES string of the molecule is O=C(O)Cc1ccc2c(c1)[C@H]1C[C@@H](N2)[C@H](O)CO1. The Labute approximate surface area is 104 Å². The molecule has 1 fully saturated rings. The lowest BCUT2D eigenvalue weighted by Gasteiger charge is -2.40. The van der Waals surface area contributed by atoms with E-state index in [0.29, 0.717) is 6.61 Å². The molecule has 5 nitrogen and oxygen atoms in total. The number of carboxylic acid groups (broad SMARTS) is 1. The molecular formula is C13H15NO4. The fourth-order valence-electron chi connectivity index (χ4n) is 2.65. The van der Waals surface area contributed by atoms with Gasteiger partial charge in [0.25, 0.3) is 0 Å². The number of ether oxygens (including phenoxy) is 1. The van der Waals surface area contributed by atoms with Gasteiger partial charge in [-0.25, -0.2) is 0 Å². The van der Waals surface area contributed by atoms with Crippen molar-refractivity contribution in [3.05, 3.63) is 29.3 Å². The summed E-state index contributed by atoms with van der Waals surface area (Å²) in [4.78, 5) is 10.7. The molecule has 2 heterocycles. The summed E-state index contributed by atoms with van der Waals surface area (Å²) in [5.74, 6) is -0.837. The molecule has 0 unspecified atom stereocenters. The normalized spacial score (nSPS) is 29.3. The molecule has 1 saturated heterocycles. The fourth-order valence-corrected chi connectivity index (χ4v) is 2.65. The van der Waals surface area contributed by atoms with Crippen LogP contribution in [0.15, 0.2) is 18.2 Å². The molecule has 0 aromatic heterocycles. The van der Waals surface area contributed by atoms with Crippen molar-refractivity contribution < 1.29 is 19.7 Å². The molecule has 0 saturated carbocycles. The van der Waals surface area contributed by atoms with Crippen molar-refractivity contribution in [2.24, 2.45) is 0 Å². The number of hydrogen-bond acceptors (Lipinski definition) is 4. The summed E-state index contributed by atoms with van der Waals surface area (Å²) in [6.45, 7) is 0.324. The first-order valence-electron chi connectivity index (χ1n) is 6.04. The second kappa shape index (κ2) is 4.26. The highest BCUT2D eigenvalue weighted by atomic mass is 16.5. The smallest absolute Gasteiger partial charge is 0.307 e. The second-order valence-electron chi connectivity index (χ2n) is 4.87. The highest BCUT2D eigenvalue weighted by Gasteiger charge is 2.36. The summed E-state index contributed by atoms with van der Waals surface area (Å²) in [7, 11) is 0. The Bertz CT molecular complexity index is 488. The van der Waals surface area contributed by atoms with Gasteiger partial charge in [-0.3, -0.25) is 4.79 Å². The van der Waals surface area contributed by atoms with Gasteiger partial charge in [-0.2, -0.15) is 0 Å². The monoisotopic (exact) mass is 249 g/mol. The first kappa shape index (κ1) is 11.5. The number of aliphatic carboxylic acids is 1. The zero-order valence-electron chi connectivity index (χ0n) is 9.80. The summed E-state index contributed by atoms with van der Waals surface area (Å²) in [6.07, 6.45) is 0.230. The van der Waals surface area contributed by atoms with Crippen LogP contribution in [0.5, 0.6) is 0 Å². The van der Waals surface area contributed by atoms with Crippen LogP contribution in [-0.2, 0) is 16.0 Å². The fraction of sp³-hybridized carbons (Fsp3) is 0.462. The Hall–Kier alpha value is -1.59. The number of carbonyl (C=O) groups is 1. The van der Waals surface area contributed by atoms with Crippen molar-refractivity contribution in [1.29, 1.82) is 0 Å². The number of carboxylic acids is 1. The van der Waals surface area contributed by atoms with Crippen LogP contribution in [0.4, 0.5) is 5.69 Å². The standard InChI is InChI=1S/C13H15NO4/c15-11-6-18-12-5-10(11)14-9-2-1-7(3-8(9)12)4-13(16)17/h1-3,10-12,14-15H,4-6H2,(H,16,17)/t10-,11-,12-/m1/s1. The van der Waals surface area contributed by atoms with Crippen LogP contribution in [0, 0.1) is 0 Å². The maximum atomic E-state index is 10.7. The van der Waals surface area contributed by atoms with Gasteiger partial charge in [0.1, 0.15) is 0 Å². The Kier molecular flexibility index (Phi) is 2.72. The lowest BCUT2D eigenvalue weighted by Crippen LogP contribution is -2.45. The summed E-state index contributed by atoms with van der Waals surface area (Å²) in [6, 6.07) is 5.58. The molecule has 2 bridgehead atoms. The van der Waals surface area contributed by atoms with Gasteiger partial charge in [-0.05, 0) is 11.6 Å². The number of aliphatic hydroxyl groups excluding tert-OH is 1. The largest absolute Gasteiger partial charge is 0.481 e. The quantitative estimate of drug-likeness (QED) is 0.726. The van der Waals surface area contributed by atoms with Gasteiger partial charge >= 0.3 is 5.97 Å². The van der Waals surface area contributed by atoms with E-state index in [2.05, 4.69) is 5.32 Å². The van der Waals surface area contributed by atoms with E-state index in [1.165, 1.54) is 0 Å². The Morgan fingerprint density at radius 3 is 3.11 bits per heavy atom. The molecule has 3 rings (SSSR count). The van der Waals surface area contributed by atoms with E-state index in [-0.39, 0.29) is 18.6 Å². The molecule has 0 spiro atoms. The number of aliphatic hydroxyl groups is 1. The van der Waals surface area contributed by atoms with Crippen LogP contribution in [0.1, 0.15) is 23.7 Å². The third kappa shape index (κ3) is 1.95. The molecule has 0 amide bonds. The van der Waals surface area contributed by atoms with Crippen molar-refractivity contribution in [3.8, 4) is 0 Å². The van der Waals surface area contributed by atoms with Crippen molar-refractivity contribution >= 4 is 11.7 Å². The minimum absolute atomic E-state index is 0.0199. The Morgan fingerprint density at radius 2 is 2.33 bits per heavy atom. The molecule has 0 radical (unpaired) electrons. The van der Waals surface area contributed by atoms with E-state index in [1.54, 1.807) is 6.07 Å². The average Bonchev–Trinajstić information content (AvgIpc) is 2.34. The molecule has 2 aliphatic rings. The first-order chi connectivity index (χ1) is 8.63. The van der Waals surface area contributed by atoms with E-state index < -0.39 is 12.1 Å². The number of nitrogens with one attached hydrogen (secondary N) is 1. The minimum atomic E-state index is -0.837. The minimum Gasteiger partial charge on any atom is -0.481 e. The lowest BCUT2D eigenvalue weighted by atomic mass is 9.89. The molecule has 18 heavy (non-hydrogen) atoms. The zero-order chi connectivity index (χ0) is 12.7. The van der Waals surface area contributed by atoms with Crippen molar-refractivity contribution in [3.63, 3.8) is 0 Å². The number of benzene rings is 1. The Morgan fingerprint density at radius 1 is 1.50 bits per heavy atom. The molecule has 3 atom stereocenters. The van der Waals surface area contributed by atoms with Crippen LogP contribution < -0.4 is 5.32 Å². The van der Waals surface area contributed by atoms with Gasteiger partial charge in [0.05, 0.1) is 31.3 Å². The van der Waals surface area contributed by atoms with E-state index >= 15 is 0 Å². The van der Waals surface area contributed by atoms with Crippen molar-refractivity contribution in [2.75, 3.05) is 11.9 Å². The molecule has 3 N–H and O–H groups in total. The number of rotatable bonds is 2. The maximum absolute atomic E-state index is 10.7. The van der Waals surface area contributed by atoms with E-state index in [9.17, 15) is 9.90 Å². The summed E-state index contributed by atoms with van der Waals surface area (Å²) < 4.78 is 5.61. The topological polar surface area (TPSA) is 78.8 Å². The average molecular weight is 249 g/mol. The van der Waals surface area contributed by atoms with Gasteiger partial charge < -0.3 is 20.3 Å². The highest BCUT2D eigenvalue weighted by Crippen LogP contribution is 2.39. The van der Waals surface area contributed by atoms with Crippen LogP contribution in [-0.4, -0.2) is 34.9 Å². The number of anilines is 1. The van der Waals surface area contributed by atoms with Gasteiger partial charge in [-0.1, -0.05) is 12.1 Å². The van der Waals surface area contributed by atoms with E-state index in [4.69, 9.17) is 9.84 Å². The number of fused-ring (bicyclic) bond motifs is 4. The molecule has 1 aromatic carbocycles. The van der Waals surface area contributed by atoms with Gasteiger partial charge in [0.15, 0.2) is 0 Å². The molecule has 0 aliphatic carbocycles. The van der Waals surface area contributed by atoms with Gasteiger partial charge in [-0.15, -0.1) is 0 Å². The van der Waals surface area contributed by atoms with Crippen LogP contribution in [0.2, 0.25) is 0 Å². The Balaban J connectivity index is 1.92. The van der Waals surface area contributed by atoms with Crippen LogP contribution in [0.3, 0.4) is 0 Å². The van der Waals surface area contributed by atoms with E-state index in [1.807, 2.05) is 12.1 Å². The molecular weight excluding hydrogens is 234 g/mol. The molecule has 2 aliphatic heterocycles. The van der Waals surface area contributed by atoms with Crippen LogP contribution >= 0.6 is 0 Å². The predicted octanol–water partition coefficient (Wildman–Crippen LogP) is 0.930. The third-order valence-corrected chi connectivity index (χ3v) is 3.56. The van der Waals surface area contributed by atoms with Gasteiger partial charge in [0, 0.05) is 17.7 Å². The summed E-state index contributed by atoms with van der Waals surface area (Å²) >= 11 is 0. The molecule has 5 heteroatoms. The first-order valence-corrected chi connectivity index (χ1v) is 6.04. The van der Waals surface area contributed by atoms with E-state index in [0.717, 1.165) is 23.2 Å². The third-order valence-electron chi connectivity index (χ3n) is 3.56. The molecule has 96 valence electrons. The maximum Gasteiger partial charge on any atom is 0.307 e. The van der Waals surface area contributed by atoms with Gasteiger partial charge in [0.2, 0.25) is 0 Å². The van der Waals surface area contributed by atoms with Crippen molar-refractivity contribution in [1.82, 2.24) is 0 Å². The molecule has 1 aromatic rings.